The maximum atomic E-state index is 13.4. The van der Waals surface area contributed by atoms with Crippen LogP contribution in [-0.2, 0) is 10.0 Å². The molecule has 0 bridgehead atoms. The Balaban J connectivity index is 1.79. The fourth-order valence-electron chi connectivity index (χ4n) is 2.13. The highest BCUT2D eigenvalue weighted by Gasteiger charge is 2.14. The third-order valence-corrected chi connectivity index (χ3v) is 4.91. The standard InChI is InChI=1S/C19H19FN2O4S/c1-2-12-22-27(24,25)16-10-8-15(9-11-16)19(23)21-13-5-14-26-18-7-4-3-6-17(18)20/h1,3-4,6-11,22H,5,12-14H2,(H,21,23). The SMILES string of the molecule is C#CCNS(=O)(=O)c1ccc(C(=O)NCCCOc2ccccc2F)cc1. The lowest BCUT2D eigenvalue weighted by atomic mass is 10.2. The van der Waals surface area contributed by atoms with Crippen molar-refractivity contribution in [1.82, 2.24) is 10.0 Å². The molecule has 6 nitrogen and oxygen atoms in total. The van der Waals surface area contributed by atoms with Gasteiger partial charge in [-0.25, -0.2) is 12.8 Å². The van der Waals surface area contributed by atoms with Gasteiger partial charge in [0, 0.05) is 12.1 Å². The molecule has 0 aliphatic heterocycles. The lowest BCUT2D eigenvalue weighted by Gasteiger charge is -2.09. The van der Waals surface area contributed by atoms with Crippen molar-refractivity contribution in [2.45, 2.75) is 11.3 Å². The molecule has 2 aromatic rings. The van der Waals surface area contributed by atoms with Gasteiger partial charge in [0.2, 0.25) is 10.0 Å². The number of para-hydroxylation sites is 1. The van der Waals surface area contributed by atoms with E-state index in [-0.39, 0.29) is 29.7 Å². The summed E-state index contributed by atoms with van der Waals surface area (Å²) < 4.78 is 44.7. The molecule has 2 aromatic carbocycles. The summed E-state index contributed by atoms with van der Waals surface area (Å²) in [7, 11) is -3.69. The number of nitrogens with one attached hydrogen (secondary N) is 2. The number of sulfonamides is 1. The third-order valence-electron chi connectivity index (χ3n) is 3.49. The maximum absolute atomic E-state index is 13.4. The Hall–Kier alpha value is -2.89. The van der Waals surface area contributed by atoms with Crippen molar-refractivity contribution in [3.63, 3.8) is 0 Å². The zero-order valence-corrected chi connectivity index (χ0v) is 15.3. The predicted octanol–water partition coefficient (Wildman–Crippen LogP) is 1.94. The number of benzene rings is 2. The summed E-state index contributed by atoms with van der Waals surface area (Å²) in [6.07, 6.45) is 5.52. The molecular formula is C19H19FN2O4S. The van der Waals surface area contributed by atoms with E-state index in [1.807, 2.05) is 0 Å². The highest BCUT2D eigenvalue weighted by Crippen LogP contribution is 2.15. The zero-order chi connectivity index (χ0) is 19.7. The van der Waals surface area contributed by atoms with Crippen molar-refractivity contribution in [3.8, 4) is 18.1 Å². The Kier molecular flexibility index (Phi) is 7.34. The van der Waals surface area contributed by atoms with Crippen LogP contribution in [0, 0.1) is 18.2 Å². The molecule has 0 radical (unpaired) electrons. The van der Waals surface area contributed by atoms with Crippen LogP contribution < -0.4 is 14.8 Å². The van der Waals surface area contributed by atoms with Gasteiger partial charge in [-0.2, -0.15) is 4.72 Å². The number of carbonyl (C=O) groups is 1. The van der Waals surface area contributed by atoms with Crippen molar-refractivity contribution in [1.29, 1.82) is 0 Å². The van der Waals surface area contributed by atoms with Crippen LogP contribution in [-0.4, -0.2) is 34.0 Å². The Morgan fingerprint density at radius 1 is 1.15 bits per heavy atom. The molecular weight excluding hydrogens is 371 g/mol. The van der Waals surface area contributed by atoms with Crippen LogP contribution in [0.2, 0.25) is 0 Å². The van der Waals surface area contributed by atoms with E-state index in [4.69, 9.17) is 11.2 Å². The van der Waals surface area contributed by atoms with E-state index < -0.39 is 15.8 Å². The molecule has 0 heterocycles. The maximum Gasteiger partial charge on any atom is 0.251 e. The molecule has 0 unspecified atom stereocenters. The van der Waals surface area contributed by atoms with Crippen molar-refractivity contribution < 1.29 is 22.3 Å². The lowest BCUT2D eigenvalue weighted by Crippen LogP contribution is -2.26. The van der Waals surface area contributed by atoms with Gasteiger partial charge in [0.25, 0.3) is 5.91 Å². The molecule has 142 valence electrons. The highest BCUT2D eigenvalue weighted by molar-refractivity contribution is 7.89. The fourth-order valence-corrected chi connectivity index (χ4v) is 3.06. The van der Waals surface area contributed by atoms with Gasteiger partial charge < -0.3 is 10.1 Å². The first-order chi connectivity index (χ1) is 12.9. The molecule has 2 N–H and O–H groups in total. The average Bonchev–Trinajstić information content (AvgIpc) is 2.67. The Labute approximate surface area is 157 Å². The average molecular weight is 390 g/mol. The van der Waals surface area contributed by atoms with Crippen molar-refractivity contribution in [3.05, 3.63) is 59.9 Å². The minimum atomic E-state index is -3.69. The van der Waals surface area contributed by atoms with Gasteiger partial charge in [-0.15, -0.1) is 6.42 Å². The number of ether oxygens (including phenoxy) is 1. The molecule has 0 aliphatic rings. The van der Waals surface area contributed by atoms with Crippen molar-refractivity contribution >= 4 is 15.9 Å². The van der Waals surface area contributed by atoms with Crippen molar-refractivity contribution in [2.75, 3.05) is 19.7 Å². The van der Waals surface area contributed by atoms with Gasteiger partial charge in [-0.3, -0.25) is 4.79 Å². The summed E-state index contributed by atoms with van der Waals surface area (Å²) in [5.74, 6) is 1.57. The van der Waals surface area contributed by atoms with E-state index >= 15 is 0 Å². The summed E-state index contributed by atoms with van der Waals surface area (Å²) in [4.78, 5) is 12.1. The van der Waals surface area contributed by atoms with Gasteiger partial charge in [-0.1, -0.05) is 18.1 Å². The largest absolute Gasteiger partial charge is 0.490 e. The van der Waals surface area contributed by atoms with Crippen LogP contribution in [0.4, 0.5) is 4.39 Å². The quantitative estimate of drug-likeness (QED) is 0.506. The summed E-state index contributed by atoms with van der Waals surface area (Å²) in [5, 5.41) is 2.69. The molecule has 0 aliphatic carbocycles. The Bertz CT molecular complexity index is 921. The molecule has 0 atom stereocenters. The van der Waals surface area contributed by atoms with E-state index in [0.717, 1.165) is 0 Å². The molecule has 0 saturated heterocycles. The minimum absolute atomic E-state index is 0.0209. The number of rotatable bonds is 9. The molecule has 0 saturated carbocycles. The van der Waals surface area contributed by atoms with Gasteiger partial charge in [0.05, 0.1) is 18.0 Å². The number of halogens is 1. The monoisotopic (exact) mass is 390 g/mol. The van der Waals surface area contributed by atoms with E-state index in [1.165, 1.54) is 36.4 Å². The number of hydrogen-bond acceptors (Lipinski definition) is 4. The van der Waals surface area contributed by atoms with Crippen LogP contribution in [0.5, 0.6) is 5.75 Å². The smallest absolute Gasteiger partial charge is 0.251 e. The molecule has 0 spiro atoms. The summed E-state index contributed by atoms with van der Waals surface area (Å²) in [6.45, 7) is 0.468. The van der Waals surface area contributed by atoms with Gasteiger partial charge >= 0.3 is 0 Å². The van der Waals surface area contributed by atoms with Crippen LogP contribution in [0.3, 0.4) is 0 Å². The van der Waals surface area contributed by atoms with Gasteiger partial charge in [0.1, 0.15) is 0 Å². The topological polar surface area (TPSA) is 84.5 Å². The molecule has 2 rings (SSSR count). The number of carbonyl (C=O) groups excluding carboxylic acids is 1. The predicted molar refractivity (Wildman–Crippen MR) is 99.3 cm³/mol. The van der Waals surface area contributed by atoms with Crippen LogP contribution in [0.25, 0.3) is 0 Å². The Morgan fingerprint density at radius 2 is 1.85 bits per heavy atom. The Morgan fingerprint density at radius 3 is 2.52 bits per heavy atom. The van der Waals surface area contributed by atoms with E-state index in [1.54, 1.807) is 12.1 Å². The second kappa shape index (κ2) is 9.71. The van der Waals surface area contributed by atoms with Crippen LogP contribution in [0.15, 0.2) is 53.4 Å². The van der Waals surface area contributed by atoms with E-state index in [2.05, 4.69) is 16.0 Å². The highest BCUT2D eigenvalue weighted by atomic mass is 32.2. The third kappa shape index (κ3) is 6.09. The van der Waals surface area contributed by atoms with E-state index in [9.17, 15) is 17.6 Å². The number of terminal acetylenes is 1. The minimum Gasteiger partial charge on any atom is -0.490 e. The molecule has 0 aromatic heterocycles. The van der Waals surface area contributed by atoms with Crippen LogP contribution >= 0.6 is 0 Å². The normalized spacial score (nSPS) is 10.8. The molecule has 27 heavy (non-hydrogen) atoms. The lowest BCUT2D eigenvalue weighted by molar-refractivity contribution is 0.0951. The number of amides is 1. The molecule has 1 amide bonds. The second-order valence-corrected chi connectivity index (χ2v) is 7.21. The first-order valence-corrected chi connectivity index (χ1v) is 9.61. The second-order valence-electron chi connectivity index (χ2n) is 5.44. The summed E-state index contributed by atoms with van der Waals surface area (Å²) in [5.41, 5.74) is 0.320. The van der Waals surface area contributed by atoms with Gasteiger partial charge in [-0.05, 0) is 42.8 Å². The summed E-state index contributed by atoms with van der Waals surface area (Å²) >= 11 is 0. The first kappa shape index (κ1) is 20.4. The first-order valence-electron chi connectivity index (χ1n) is 8.13. The van der Waals surface area contributed by atoms with Gasteiger partial charge in [0.15, 0.2) is 11.6 Å². The van der Waals surface area contributed by atoms with Crippen molar-refractivity contribution in [2.24, 2.45) is 0 Å². The fraction of sp³-hybridized carbons (Fsp3) is 0.211. The molecule has 0 fully saturated rings. The zero-order valence-electron chi connectivity index (χ0n) is 14.4. The summed E-state index contributed by atoms with van der Waals surface area (Å²) in [6, 6.07) is 11.6. The van der Waals surface area contributed by atoms with E-state index in [0.29, 0.717) is 18.5 Å². The number of hydrogen-bond donors (Lipinski definition) is 2. The van der Waals surface area contributed by atoms with Crippen LogP contribution in [0.1, 0.15) is 16.8 Å². The molecule has 8 heteroatoms.